The van der Waals surface area contributed by atoms with Gasteiger partial charge < -0.3 is 24.8 Å². The summed E-state index contributed by atoms with van der Waals surface area (Å²) < 4.78 is 16.2. The van der Waals surface area contributed by atoms with Crippen molar-refractivity contribution < 1.29 is 28.6 Å². The molecule has 0 radical (unpaired) electrons. The minimum Gasteiger partial charge on any atom is -0.460 e. The third-order valence-electron chi connectivity index (χ3n) is 5.86. The van der Waals surface area contributed by atoms with Gasteiger partial charge in [0.15, 0.2) is 0 Å². The zero-order valence-corrected chi connectivity index (χ0v) is 21.5. The van der Waals surface area contributed by atoms with E-state index in [2.05, 4.69) is 10.6 Å². The highest BCUT2D eigenvalue weighted by Gasteiger charge is 2.25. The molecule has 38 heavy (non-hydrogen) atoms. The number of ether oxygens (including phenoxy) is 3. The first-order valence-corrected chi connectivity index (χ1v) is 12.6. The highest BCUT2D eigenvalue weighted by atomic mass is 16.6. The molecule has 8 nitrogen and oxygen atoms in total. The summed E-state index contributed by atoms with van der Waals surface area (Å²) in [5.74, 6) is -0.951. The molecular weight excluding hydrogens is 484 g/mol. The molecule has 200 valence electrons. The van der Waals surface area contributed by atoms with Crippen LogP contribution >= 0.6 is 0 Å². The van der Waals surface area contributed by atoms with Crippen molar-refractivity contribution in [3.8, 4) is 0 Å². The lowest BCUT2D eigenvalue weighted by molar-refractivity contribution is -0.147. The zero-order chi connectivity index (χ0) is 27.0. The number of nitrogens with one attached hydrogen (secondary N) is 2. The Morgan fingerprint density at radius 3 is 1.45 bits per heavy atom. The highest BCUT2D eigenvalue weighted by Crippen LogP contribution is 2.11. The van der Waals surface area contributed by atoms with E-state index in [9.17, 15) is 14.4 Å². The van der Waals surface area contributed by atoms with Gasteiger partial charge in [-0.15, -0.1) is 0 Å². The SMILES string of the molecule is CNC(CCCC(NC(=O)OCc1ccccc1)C(=O)OCc1ccccc1)C(=O)OCc1ccccc1. The summed E-state index contributed by atoms with van der Waals surface area (Å²) in [4.78, 5) is 37.9. The maximum atomic E-state index is 12.9. The molecule has 0 fully saturated rings. The van der Waals surface area contributed by atoms with Crippen molar-refractivity contribution in [2.24, 2.45) is 0 Å². The van der Waals surface area contributed by atoms with Crippen molar-refractivity contribution in [3.05, 3.63) is 108 Å². The van der Waals surface area contributed by atoms with Gasteiger partial charge in [-0.05, 0) is 43.0 Å². The van der Waals surface area contributed by atoms with Crippen LogP contribution in [-0.4, -0.2) is 37.2 Å². The van der Waals surface area contributed by atoms with Crippen molar-refractivity contribution in [1.82, 2.24) is 10.6 Å². The molecule has 0 bridgehead atoms. The van der Waals surface area contributed by atoms with E-state index in [1.165, 1.54) is 0 Å². The van der Waals surface area contributed by atoms with Gasteiger partial charge in [-0.1, -0.05) is 91.0 Å². The first kappa shape index (κ1) is 28.4. The Balaban J connectivity index is 1.52. The largest absolute Gasteiger partial charge is 0.460 e. The third kappa shape index (κ3) is 10.1. The molecule has 0 heterocycles. The molecule has 3 aromatic carbocycles. The molecule has 2 unspecified atom stereocenters. The fourth-order valence-corrected chi connectivity index (χ4v) is 3.72. The van der Waals surface area contributed by atoms with Gasteiger partial charge >= 0.3 is 18.0 Å². The average Bonchev–Trinajstić information content (AvgIpc) is 2.96. The number of rotatable bonds is 14. The summed E-state index contributed by atoms with van der Waals surface area (Å²) in [7, 11) is 1.68. The second-order valence-corrected chi connectivity index (χ2v) is 8.72. The number of alkyl carbamates (subject to hydrolysis) is 1. The molecule has 3 aromatic rings. The van der Waals surface area contributed by atoms with Gasteiger partial charge in [0.2, 0.25) is 0 Å². The van der Waals surface area contributed by atoms with Crippen molar-refractivity contribution >= 4 is 18.0 Å². The van der Waals surface area contributed by atoms with E-state index in [0.717, 1.165) is 16.7 Å². The monoisotopic (exact) mass is 518 g/mol. The second kappa shape index (κ2) is 15.8. The van der Waals surface area contributed by atoms with Crippen LogP contribution in [0.4, 0.5) is 4.79 Å². The molecule has 8 heteroatoms. The second-order valence-electron chi connectivity index (χ2n) is 8.72. The van der Waals surface area contributed by atoms with E-state index in [4.69, 9.17) is 14.2 Å². The van der Waals surface area contributed by atoms with Crippen LogP contribution in [0.3, 0.4) is 0 Å². The molecule has 3 rings (SSSR count). The van der Waals surface area contributed by atoms with E-state index in [1.54, 1.807) is 7.05 Å². The van der Waals surface area contributed by atoms with Crippen LogP contribution < -0.4 is 10.6 Å². The van der Waals surface area contributed by atoms with Crippen LogP contribution in [0.25, 0.3) is 0 Å². The number of benzene rings is 3. The summed E-state index contributed by atoms with van der Waals surface area (Å²) in [5, 5.41) is 5.58. The lowest BCUT2D eigenvalue weighted by atomic mass is 10.1. The summed E-state index contributed by atoms with van der Waals surface area (Å²) in [6.07, 6.45) is 0.407. The number of carbonyl (C=O) groups is 3. The lowest BCUT2D eigenvalue weighted by Crippen LogP contribution is -2.42. The Morgan fingerprint density at radius 2 is 1.00 bits per heavy atom. The minimum absolute atomic E-state index is 0.0769. The predicted octanol–water partition coefficient (Wildman–Crippen LogP) is 4.53. The normalized spacial score (nSPS) is 12.1. The van der Waals surface area contributed by atoms with Gasteiger partial charge in [0.1, 0.15) is 31.9 Å². The van der Waals surface area contributed by atoms with Crippen molar-refractivity contribution in [2.75, 3.05) is 7.05 Å². The van der Waals surface area contributed by atoms with Crippen LogP contribution in [0.15, 0.2) is 91.0 Å². The van der Waals surface area contributed by atoms with Gasteiger partial charge in [0.25, 0.3) is 0 Å². The summed E-state index contributed by atoms with van der Waals surface area (Å²) >= 11 is 0. The van der Waals surface area contributed by atoms with Crippen LogP contribution in [-0.2, 0) is 43.6 Å². The number of hydrogen-bond donors (Lipinski definition) is 2. The first-order valence-electron chi connectivity index (χ1n) is 12.6. The first-order chi connectivity index (χ1) is 18.5. The van der Waals surface area contributed by atoms with E-state index in [-0.39, 0.29) is 32.2 Å². The van der Waals surface area contributed by atoms with Gasteiger partial charge in [-0.25, -0.2) is 9.59 Å². The number of esters is 2. The number of likely N-dealkylation sites (N-methyl/N-ethyl adjacent to an activating group) is 1. The third-order valence-corrected chi connectivity index (χ3v) is 5.86. The molecule has 0 saturated carbocycles. The van der Waals surface area contributed by atoms with E-state index in [1.807, 2.05) is 91.0 Å². The average molecular weight is 519 g/mol. The Hall–Kier alpha value is -4.17. The molecule has 0 aliphatic heterocycles. The Labute approximate surface area is 223 Å². The Bertz CT molecular complexity index is 1130. The van der Waals surface area contributed by atoms with Crippen molar-refractivity contribution in [2.45, 2.75) is 51.2 Å². The molecule has 2 N–H and O–H groups in total. The summed E-state index contributed by atoms with van der Waals surface area (Å²) in [5.41, 5.74) is 2.56. The number of amides is 1. The molecule has 1 amide bonds. The fourth-order valence-electron chi connectivity index (χ4n) is 3.72. The predicted molar refractivity (Wildman–Crippen MR) is 143 cm³/mol. The van der Waals surface area contributed by atoms with Gasteiger partial charge in [-0.3, -0.25) is 4.79 Å². The smallest absolute Gasteiger partial charge is 0.408 e. The minimum atomic E-state index is -0.931. The molecule has 0 aliphatic carbocycles. The molecule has 0 aromatic heterocycles. The number of hydrogen-bond acceptors (Lipinski definition) is 7. The summed E-state index contributed by atoms with van der Waals surface area (Å²) in [6.45, 7) is 0.344. The summed E-state index contributed by atoms with van der Waals surface area (Å²) in [6, 6.07) is 26.5. The lowest BCUT2D eigenvalue weighted by Gasteiger charge is -2.19. The zero-order valence-electron chi connectivity index (χ0n) is 21.5. The van der Waals surface area contributed by atoms with Crippen LogP contribution in [0.1, 0.15) is 36.0 Å². The maximum Gasteiger partial charge on any atom is 0.408 e. The molecule has 0 spiro atoms. The topological polar surface area (TPSA) is 103 Å². The van der Waals surface area contributed by atoms with E-state index < -0.39 is 24.1 Å². The Morgan fingerprint density at radius 1 is 0.605 bits per heavy atom. The molecule has 0 aliphatic rings. The van der Waals surface area contributed by atoms with Crippen molar-refractivity contribution in [1.29, 1.82) is 0 Å². The Kier molecular flexibility index (Phi) is 11.8. The van der Waals surface area contributed by atoms with Gasteiger partial charge in [0, 0.05) is 0 Å². The number of carbonyl (C=O) groups excluding carboxylic acids is 3. The fraction of sp³-hybridized carbons (Fsp3) is 0.300. The molecule has 0 saturated heterocycles. The molecular formula is C30H34N2O6. The van der Waals surface area contributed by atoms with Gasteiger partial charge in [0.05, 0.1) is 0 Å². The van der Waals surface area contributed by atoms with Gasteiger partial charge in [-0.2, -0.15) is 0 Å². The highest BCUT2D eigenvalue weighted by molar-refractivity contribution is 5.81. The standard InChI is InChI=1S/C30H34N2O6/c1-31-26(28(33)36-20-23-12-5-2-6-13-23)18-11-19-27(29(34)37-21-24-14-7-3-8-15-24)32-30(35)38-22-25-16-9-4-10-17-25/h2-10,12-17,26-27,31H,11,18-22H2,1H3,(H,32,35). The van der Waals surface area contributed by atoms with Crippen LogP contribution in [0.2, 0.25) is 0 Å². The van der Waals surface area contributed by atoms with Crippen molar-refractivity contribution in [3.63, 3.8) is 0 Å². The molecule has 2 atom stereocenters. The van der Waals surface area contributed by atoms with Crippen LogP contribution in [0.5, 0.6) is 0 Å². The van der Waals surface area contributed by atoms with Crippen LogP contribution in [0, 0.1) is 0 Å². The van der Waals surface area contributed by atoms with E-state index >= 15 is 0 Å². The maximum absolute atomic E-state index is 12.9. The quantitative estimate of drug-likeness (QED) is 0.239. The van der Waals surface area contributed by atoms with E-state index in [0.29, 0.717) is 12.8 Å².